The maximum atomic E-state index is 14.3. The summed E-state index contributed by atoms with van der Waals surface area (Å²) in [4.78, 5) is 23.5. The zero-order valence-electron chi connectivity index (χ0n) is 16.8. The van der Waals surface area contributed by atoms with E-state index in [1.165, 1.54) is 36.6 Å². The van der Waals surface area contributed by atoms with Gasteiger partial charge in [-0.25, -0.2) is 9.18 Å². The molecule has 0 bridgehead atoms. The zero-order chi connectivity index (χ0) is 23.3. The van der Waals surface area contributed by atoms with Gasteiger partial charge in [0.15, 0.2) is 12.4 Å². The second-order valence-corrected chi connectivity index (χ2v) is 6.57. The van der Waals surface area contributed by atoms with Crippen molar-refractivity contribution in [1.82, 2.24) is 0 Å². The molecule has 164 valence electrons. The Bertz CT molecular complexity index is 1190. The van der Waals surface area contributed by atoms with Gasteiger partial charge in [0.25, 0.3) is 11.8 Å². The van der Waals surface area contributed by atoms with Crippen LogP contribution in [0.2, 0.25) is 0 Å². The number of amides is 1. The topological polar surface area (TPSA) is 146 Å². The molecule has 10 heteroatoms. The summed E-state index contributed by atoms with van der Waals surface area (Å²) in [6, 6.07) is 11.1. The molecule has 0 spiro atoms. The number of hydrogen-bond donors (Lipinski definition) is 4. The first-order valence-corrected chi connectivity index (χ1v) is 9.20. The fourth-order valence-electron chi connectivity index (χ4n) is 2.66. The van der Waals surface area contributed by atoms with Crippen LogP contribution < -0.4 is 10.1 Å². The Labute approximate surface area is 181 Å². The van der Waals surface area contributed by atoms with Crippen molar-refractivity contribution in [2.75, 3.05) is 11.9 Å². The van der Waals surface area contributed by atoms with Crippen molar-refractivity contribution >= 4 is 29.4 Å². The number of carbonyl (C=O) groups is 2. The van der Waals surface area contributed by atoms with E-state index in [9.17, 15) is 14.0 Å². The highest BCUT2D eigenvalue weighted by Crippen LogP contribution is 2.24. The number of anilines is 1. The zero-order valence-corrected chi connectivity index (χ0v) is 16.8. The van der Waals surface area contributed by atoms with E-state index in [1.807, 2.05) is 0 Å². The number of halogens is 1. The Balaban J connectivity index is 1.80. The molecule has 0 aliphatic carbocycles. The predicted molar refractivity (Wildman–Crippen MR) is 112 cm³/mol. The lowest BCUT2D eigenvalue weighted by atomic mass is 10.1. The largest absolute Gasteiger partial charge is 0.481 e. The molecule has 0 saturated heterocycles. The monoisotopic (exact) mass is 439 g/mol. The third kappa shape index (κ3) is 5.36. The molecule has 1 aromatic heterocycles. The Kier molecular flexibility index (Phi) is 6.64. The molecular formula is C22H18FN3O6. The van der Waals surface area contributed by atoms with Gasteiger partial charge in [0.1, 0.15) is 11.6 Å². The number of rotatable bonds is 7. The molecule has 0 aliphatic rings. The van der Waals surface area contributed by atoms with Crippen molar-refractivity contribution < 1.29 is 33.0 Å². The highest BCUT2D eigenvalue weighted by Gasteiger charge is 2.18. The second kappa shape index (κ2) is 9.56. The van der Waals surface area contributed by atoms with Gasteiger partial charge in [-0.15, -0.1) is 0 Å². The number of ether oxygens (including phenoxy) is 2. The molecule has 2 aromatic carbocycles. The van der Waals surface area contributed by atoms with Gasteiger partial charge in [-0.05, 0) is 49.4 Å². The first-order valence-electron chi connectivity index (χ1n) is 9.20. The van der Waals surface area contributed by atoms with E-state index in [-0.39, 0.29) is 28.3 Å². The lowest BCUT2D eigenvalue weighted by Gasteiger charge is -2.13. The highest BCUT2D eigenvalue weighted by molar-refractivity contribution is 6.08. The van der Waals surface area contributed by atoms with E-state index >= 15 is 0 Å². The molecule has 9 nitrogen and oxygen atoms in total. The average Bonchev–Trinajstić information content (AvgIpc) is 3.29. The van der Waals surface area contributed by atoms with E-state index < -0.39 is 36.1 Å². The van der Waals surface area contributed by atoms with Gasteiger partial charge in [-0.3, -0.25) is 15.6 Å². The van der Waals surface area contributed by atoms with Gasteiger partial charge < -0.3 is 24.3 Å². The number of carbonyl (C=O) groups excluding carboxylic acids is 1. The Hall–Kier alpha value is -4.47. The summed E-state index contributed by atoms with van der Waals surface area (Å²) in [6.07, 6.45) is 1.35. The number of aryl methyl sites for hydroxylation is 1. The number of furan rings is 1. The minimum atomic E-state index is -1.21. The molecule has 0 unspecified atom stereocenters. The molecule has 0 saturated carbocycles. The molecule has 0 atom stereocenters. The number of benzene rings is 2. The summed E-state index contributed by atoms with van der Waals surface area (Å²) < 4.78 is 29.6. The van der Waals surface area contributed by atoms with E-state index in [0.29, 0.717) is 5.56 Å². The third-order valence-electron chi connectivity index (χ3n) is 4.16. The van der Waals surface area contributed by atoms with Gasteiger partial charge in [0.05, 0.1) is 17.5 Å². The minimum absolute atomic E-state index is 0.0157. The van der Waals surface area contributed by atoms with Crippen molar-refractivity contribution in [2.24, 2.45) is 0 Å². The van der Waals surface area contributed by atoms with Crippen LogP contribution in [0.25, 0.3) is 0 Å². The SMILES string of the molecule is Cc1ccc(OCC(=O)O)c(C(=O)Nc2cc(C(=N)OC(=N)c3ccco3)ccc2F)c1. The summed E-state index contributed by atoms with van der Waals surface area (Å²) in [5.41, 5.74) is 0.585. The van der Waals surface area contributed by atoms with E-state index in [0.717, 1.165) is 6.07 Å². The highest BCUT2D eigenvalue weighted by atomic mass is 19.1. The number of carboxylic acid groups (broad SMARTS) is 1. The fourth-order valence-corrected chi connectivity index (χ4v) is 2.66. The quantitative estimate of drug-likeness (QED) is 0.325. The molecule has 1 amide bonds. The van der Waals surface area contributed by atoms with Crippen molar-refractivity contribution in [1.29, 1.82) is 10.8 Å². The molecule has 3 rings (SSSR count). The normalized spacial score (nSPS) is 10.3. The number of hydrogen-bond acceptors (Lipinski definition) is 7. The third-order valence-corrected chi connectivity index (χ3v) is 4.16. The average molecular weight is 439 g/mol. The molecule has 1 heterocycles. The van der Waals surface area contributed by atoms with Crippen LogP contribution in [-0.4, -0.2) is 35.4 Å². The van der Waals surface area contributed by atoms with Crippen LogP contribution in [-0.2, 0) is 9.53 Å². The van der Waals surface area contributed by atoms with E-state index in [2.05, 4.69) is 5.32 Å². The number of carboxylic acids is 1. The smallest absolute Gasteiger partial charge is 0.341 e. The van der Waals surface area contributed by atoms with Crippen LogP contribution >= 0.6 is 0 Å². The van der Waals surface area contributed by atoms with Crippen molar-refractivity contribution in [3.8, 4) is 5.75 Å². The Morgan fingerprint density at radius 3 is 2.59 bits per heavy atom. The molecule has 0 aliphatic heterocycles. The summed E-state index contributed by atoms with van der Waals surface area (Å²) in [7, 11) is 0. The minimum Gasteiger partial charge on any atom is -0.481 e. The predicted octanol–water partition coefficient (Wildman–Crippen LogP) is 3.81. The first kappa shape index (κ1) is 22.2. The molecule has 0 fully saturated rings. The Morgan fingerprint density at radius 1 is 1.12 bits per heavy atom. The summed E-state index contributed by atoms with van der Waals surface area (Å²) in [6.45, 7) is 1.08. The molecule has 0 radical (unpaired) electrons. The van der Waals surface area contributed by atoms with Gasteiger partial charge in [-0.1, -0.05) is 11.6 Å². The molecule has 4 N–H and O–H groups in total. The number of nitrogens with one attached hydrogen (secondary N) is 3. The Morgan fingerprint density at radius 2 is 1.91 bits per heavy atom. The number of aliphatic carboxylic acids is 1. The molecule has 32 heavy (non-hydrogen) atoms. The molecular weight excluding hydrogens is 421 g/mol. The van der Waals surface area contributed by atoms with E-state index in [1.54, 1.807) is 19.1 Å². The van der Waals surface area contributed by atoms with Crippen molar-refractivity contribution in [3.63, 3.8) is 0 Å². The molecule has 3 aromatic rings. The fraction of sp³-hybridized carbons (Fsp3) is 0.0909. The van der Waals surface area contributed by atoms with Crippen LogP contribution in [0.1, 0.15) is 27.2 Å². The lowest BCUT2D eigenvalue weighted by Crippen LogP contribution is -2.18. The first-order chi connectivity index (χ1) is 15.2. The van der Waals surface area contributed by atoms with Gasteiger partial charge >= 0.3 is 5.97 Å². The summed E-state index contributed by atoms with van der Waals surface area (Å²) in [5, 5.41) is 27.0. The van der Waals surface area contributed by atoms with Gasteiger partial charge in [-0.2, -0.15) is 0 Å². The lowest BCUT2D eigenvalue weighted by molar-refractivity contribution is -0.139. The standard InChI is InChI=1S/C22H18FN3O6/c1-12-4-7-17(31-11-19(27)28)14(9-12)22(29)26-16-10-13(5-6-15(16)23)20(24)32-21(25)18-3-2-8-30-18/h2-10,24-25H,11H2,1H3,(H,26,29)(H,27,28). The van der Waals surface area contributed by atoms with E-state index in [4.69, 9.17) is 29.8 Å². The second-order valence-electron chi connectivity index (χ2n) is 6.57. The van der Waals surface area contributed by atoms with Crippen LogP contribution in [0.3, 0.4) is 0 Å². The van der Waals surface area contributed by atoms with Gasteiger partial charge in [0, 0.05) is 5.56 Å². The van der Waals surface area contributed by atoms with Crippen LogP contribution in [0.5, 0.6) is 5.75 Å². The van der Waals surface area contributed by atoms with Crippen LogP contribution in [0, 0.1) is 23.6 Å². The maximum absolute atomic E-state index is 14.3. The van der Waals surface area contributed by atoms with Crippen molar-refractivity contribution in [2.45, 2.75) is 6.92 Å². The van der Waals surface area contributed by atoms with Crippen LogP contribution in [0.15, 0.2) is 59.2 Å². The summed E-state index contributed by atoms with van der Waals surface area (Å²) in [5.74, 6) is -3.45. The summed E-state index contributed by atoms with van der Waals surface area (Å²) >= 11 is 0. The maximum Gasteiger partial charge on any atom is 0.341 e. The van der Waals surface area contributed by atoms with Crippen LogP contribution in [0.4, 0.5) is 10.1 Å². The van der Waals surface area contributed by atoms with Gasteiger partial charge in [0.2, 0.25) is 5.90 Å². The van der Waals surface area contributed by atoms with Crippen molar-refractivity contribution in [3.05, 3.63) is 83.1 Å².